The summed E-state index contributed by atoms with van der Waals surface area (Å²) in [5.41, 5.74) is -0.497. The fourth-order valence-electron chi connectivity index (χ4n) is 3.40. The molecule has 21 heavy (non-hydrogen) atoms. The number of ether oxygens (including phenoxy) is 2. The highest BCUT2D eigenvalue weighted by molar-refractivity contribution is 5.78. The molecular weight excluding hydrogens is 272 g/mol. The highest BCUT2D eigenvalue weighted by Gasteiger charge is 2.50. The summed E-state index contributed by atoms with van der Waals surface area (Å²) in [7, 11) is 1.52. The summed E-state index contributed by atoms with van der Waals surface area (Å²) in [6, 6.07) is 0.0633. The SMILES string of the molecule is COCC(=O)N1CC2CCN(C(=O)OC(C)(C)C)C2C1C. The van der Waals surface area contributed by atoms with Crippen molar-refractivity contribution in [1.82, 2.24) is 9.80 Å². The van der Waals surface area contributed by atoms with Crippen LogP contribution in [0.5, 0.6) is 0 Å². The maximum absolute atomic E-state index is 12.3. The van der Waals surface area contributed by atoms with E-state index in [2.05, 4.69) is 0 Å². The van der Waals surface area contributed by atoms with Gasteiger partial charge in [0.1, 0.15) is 12.2 Å². The van der Waals surface area contributed by atoms with Crippen LogP contribution in [-0.4, -0.2) is 66.3 Å². The van der Waals surface area contributed by atoms with Gasteiger partial charge in [-0.2, -0.15) is 0 Å². The number of hydrogen-bond acceptors (Lipinski definition) is 4. The number of methoxy groups -OCH3 is 1. The van der Waals surface area contributed by atoms with Crippen molar-refractivity contribution in [3.8, 4) is 0 Å². The normalized spacial score (nSPS) is 28.7. The van der Waals surface area contributed by atoms with Gasteiger partial charge in [-0.25, -0.2) is 4.79 Å². The average Bonchev–Trinajstić information content (AvgIpc) is 2.88. The molecule has 6 heteroatoms. The number of fused-ring (bicyclic) bond motifs is 1. The minimum Gasteiger partial charge on any atom is -0.444 e. The number of carbonyl (C=O) groups excluding carboxylic acids is 2. The van der Waals surface area contributed by atoms with Crippen LogP contribution in [-0.2, 0) is 14.3 Å². The minimum absolute atomic E-state index is 0.00710. The number of nitrogens with zero attached hydrogens (tertiary/aromatic N) is 2. The third-order valence-electron chi connectivity index (χ3n) is 4.22. The first-order valence-electron chi connectivity index (χ1n) is 7.52. The number of rotatable bonds is 2. The Balaban J connectivity index is 2.06. The highest BCUT2D eigenvalue weighted by Crippen LogP contribution is 2.36. The predicted octanol–water partition coefficient (Wildman–Crippen LogP) is 1.49. The summed E-state index contributed by atoms with van der Waals surface area (Å²) in [4.78, 5) is 28.0. The molecule has 2 heterocycles. The van der Waals surface area contributed by atoms with Gasteiger partial charge in [0, 0.05) is 32.2 Å². The van der Waals surface area contributed by atoms with Crippen LogP contribution in [0, 0.1) is 5.92 Å². The van der Waals surface area contributed by atoms with Crippen molar-refractivity contribution in [2.45, 2.75) is 51.8 Å². The van der Waals surface area contributed by atoms with Gasteiger partial charge in [0.25, 0.3) is 0 Å². The highest BCUT2D eigenvalue weighted by atomic mass is 16.6. The molecule has 0 N–H and O–H groups in total. The molecule has 0 aromatic heterocycles. The van der Waals surface area contributed by atoms with Crippen LogP contribution in [0.4, 0.5) is 4.79 Å². The smallest absolute Gasteiger partial charge is 0.410 e. The average molecular weight is 298 g/mol. The lowest BCUT2D eigenvalue weighted by Gasteiger charge is -2.32. The van der Waals surface area contributed by atoms with Crippen molar-refractivity contribution in [2.24, 2.45) is 5.92 Å². The zero-order valence-electron chi connectivity index (χ0n) is 13.6. The van der Waals surface area contributed by atoms with E-state index in [0.29, 0.717) is 19.0 Å². The van der Waals surface area contributed by atoms with Crippen LogP contribution >= 0.6 is 0 Å². The van der Waals surface area contributed by atoms with E-state index in [1.54, 1.807) is 4.90 Å². The quantitative estimate of drug-likeness (QED) is 0.775. The van der Waals surface area contributed by atoms with E-state index in [9.17, 15) is 9.59 Å². The molecule has 3 atom stereocenters. The standard InChI is InChI=1S/C15H26N2O4/c1-10-13-11(8-17(10)12(18)9-20-5)6-7-16(13)14(19)21-15(2,3)4/h10-11,13H,6-9H2,1-5H3. The van der Waals surface area contributed by atoms with E-state index < -0.39 is 5.60 Å². The third-order valence-corrected chi connectivity index (χ3v) is 4.22. The second-order valence-corrected chi connectivity index (χ2v) is 6.93. The van der Waals surface area contributed by atoms with Crippen LogP contribution in [0.3, 0.4) is 0 Å². The van der Waals surface area contributed by atoms with E-state index in [0.717, 1.165) is 6.42 Å². The second-order valence-electron chi connectivity index (χ2n) is 6.93. The first kappa shape index (κ1) is 16.1. The number of likely N-dealkylation sites (tertiary alicyclic amines) is 2. The first-order chi connectivity index (χ1) is 9.74. The molecule has 2 fully saturated rings. The minimum atomic E-state index is -0.497. The van der Waals surface area contributed by atoms with Gasteiger partial charge in [-0.15, -0.1) is 0 Å². The number of amides is 2. The van der Waals surface area contributed by atoms with Crippen molar-refractivity contribution in [3.63, 3.8) is 0 Å². The lowest BCUT2D eigenvalue weighted by molar-refractivity contribution is -0.136. The Hall–Kier alpha value is -1.30. The van der Waals surface area contributed by atoms with E-state index >= 15 is 0 Å². The van der Waals surface area contributed by atoms with Crippen LogP contribution in [0.2, 0.25) is 0 Å². The molecule has 0 aliphatic carbocycles. The van der Waals surface area contributed by atoms with Crippen LogP contribution in [0.1, 0.15) is 34.1 Å². The molecule has 3 unspecified atom stereocenters. The lowest BCUT2D eigenvalue weighted by Crippen LogP contribution is -2.48. The monoisotopic (exact) mass is 298 g/mol. The Morgan fingerprint density at radius 2 is 1.90 bits per heavy atom. The molecule has 120 valence electrons. The zero-order valence-corrected chi connectivity index (χ0v) is 13.6. The van der Waals surface area contributed by atoms with Crippen LogP contribution in [0.15, 0.2) is 0 Å². The molecule has 2 aliphatic heterocycles. The molecule has 0 aromatic carbocycles. The Labute approximate surface area is 126 Å². The molecule has 6 nitrogen and oxygen atoms in total. The van der Waals surface area contributed by atoms with E-state index in [1.807, 2.05) is 32.6 Å². The van der Waals surface area contributed by atoms with E-state index in [1.165, 1.54) is 7.11 Å². The fraction of sp³-hybridized carbons (Fsp3) is 0.867. The maximum Gasteiger partial charge on any atom is 0.410 e. The van der Waals surface area contributed by atoms with Crippen molar-refractivity contribution < 1.29 is 19.1 Å². The van der Waals surface area contributed by atoms with Gasteiger partial charge in [0.05, 0.1) is 6.04 Å². The van der Waals surface area contributed by atoms with Gasteiger partial charge >= 0.3 is 6.09 Å². The van der Waals surface area contributed by atoms with Gasteiger partial charge in [0.15, 0.2) is 0 Å². The van der Waals surface area contributed by atoms with Gasteiger partial charge in [-0.05, 0) is 34.1 Å². The predicted molar refractivity (Wildman–Crippen MR) is 77.9 cm³/mol. The fourth-order valence-corrected chi connectivity index (χ4v) is 3.40. The van der Waals surface area contributed by atoms with E-state index in [-0.39, 0.29) is 30.7 Å². The van der Waals surface area contributed by atoms with Gasteiger partial charge < -0.3 is 19.3 Å². The van der Waals surface area contributed by atoms with Gasteiger partial charge in [-0.3, -0.25) is 4.79 Å². The summed E-state index contributed by atoms with van der Waals surface area (Å²) in [6.07, 6.45) is 0.647. The number of carbonyl (C=O) groups is 2. The number of hydrogen-bond donors (Lipinski definition) is 0. The summed E-state index contributed by atoms with van der Waals surface area (Å²) >= 11 is 0. The van der Waals surface area contributed by atoms with Crippen molar-refractivity contribution in [3.05, 3.63) is 0 Å². The zero-order chi connectivity index (χ0) is 15.8. The molecule has 0 spiro atoms. The van der Waals surface area contributed by atoms with Crippen LogP contribution in [0.25, 0.3) is 0 Å². The molecule has 0 bridgehead atoms. The Morgan fingerprint density at radius 1 is 1.24 bits per heavy atom. The van der Waals surface area contributed by atoms with Crippen molar-refractivity contribution in [2.75, 3.05) is 26.8 Å². The molecule has 0 radical (unpaired) electrons. The largest absolute Gasteiger partial charge is 0.444 e. The summed E-state index contributed by atoms with van der Waals surface area (Å²) in [5.74, 6) is 0.330. The Kier molecular flexibility index (Phi) is 4.46. The molecular formula is C15H26N2O4. The van der Waals surface area contributed by atoms with Crippen LogP contribution < -0.4 is 0 Å². The first-order valence-corrected chi connectivity index (χ1v) is 7.52. The third kappa shape index (κ3) is 3.31. The summed E-state index contributed by atoms with van der Waals surface area (Å²) in [5, 5.41) is 0. The molecule has 2 saturated heterocycles. The molecule has 0 saturated carbocycles. The lowest BCUT2D eigenvalue weighted by atomic mass is 10.0. The van der Waals surface area contributed by atoms with Gasteiger partial charge in [0.2, 0.25) is 5.91 Å². The van der Waals surface area contributed by atoms with Crippen molar-refractivity contribution in [1.29, 1.82) is 0 Å². The molecule has 2 rings (SSSR count). The van der Waals surface area contributed by atoms with Gasteiger partial charge in [-0.1, -0.05) is 0 Å². The molecule has 0 aromatic rings. The summed E-state index contributed by atoms with van der Waals surface area (Å²) < 4.78 is 10.4. The second kappa shape index (κ2) is 5.83. The maximum atomic E-state index is 12.3. The Morgan fingerprint density at radius 3 is 2.48 bits per heavy atom. The topological polar surface area (TPSA) is 59.1 Å². The van der Waals surface area contributed by atoms with Crippen molar-refractivity contribution >= 4 is 12.0 Å². The summed E-state index contributed by atoms with van der Waals surface area (Å²) in [6.45, 7) is 9.10. The van der Waals surface area contributed by atoms with E-state index in [4.69, 9.17) is 9.47 Å². The molecule has 2 amide bonds. The Bertz CT molecular complexity index is 418. The molecule has 2 aliphatic rings.